The molecule has 2 heterocycles. The molecule has 35 heavy (non-hydrogen) atoms. The van der Waals surface area contributed by atoms with E-state index in [2.05, 4.69) is 9.88 Å². The molecule has 2 aromatic rings. The molecule has 0 spiro atoms. The Morgan fingerprint density at radius 1 is 1.20 bits per heavy atom. The van der Waals surface area contributed by atoms with Crippen LogP contribution in [0.4, 0.5) is 4.39 Å². The van der Waals surface area contributed by atoms with Crippen LogP contribution in [0.25, 0.3) is 0 Å². The summed E-state index contributed by atoms with van der Waals surface area (Å²) in [5, 5.41) is 5.17. The fourth-order valence-electron chi connectivity index (χ4n) is 4.02. The zero-order valence-corrected chi connectivity index (χ0v) is 21.1. The summed E-state index contributed by atoms with van der Waals surface area (Å²) in [6, 6.07) is 7.79. The number of hydrogen-bond acceptors (Lipinski definition) is 7. The topological polar surface area (TPSA) is 123 Å². The Morgan fingerprint density at radius 3 is 2.54 bits per heavy atom. The summed E-state index contributed by atoms with van der Waals surface area (Å²) >= 11 is 5.96. The molecular formula is C23H28ClFN4O5S. The minimum atomic E-state index is -3.97. The number of sulfonamides is 1. The van der Waals surface area contributed by atoms with Crippen LogP contribution in [0.5, 0.6) is 5.88 Å². The molecule has 12 heteroatoms. The Hall–Kier alpha value is -2.60. The van der Waals surface area contributed by atoms with E-state index in [1.165, 1.54) is 24.4 Å². The summed E-state index contributed by atoms with van der Waals surface area (Å²) in [6.45, 7) is 5.43. The van der Waals surface area contributed by atoms with Crippen molar-refractivity contribution < 1.29 is 27.1 Å². The molecule has 1 aromatic carbocycles. The highest BCUT2D eigenvalue weighted by Gasteiger charge is 2.32. The van der Waals surface area contributed by atoms with E-state index in [-0.39, 0.29) is 53.3 Å². The van der Waals surface area contributed by atoms with E-state index in [0.29, 0.717) is 19.6 Å². The van der Waals surface area contributed by atoms with Gasteiger partial charge in [0.05, 0.1) is 5.02 Å². The maximum absolute atomic E-state index is 13.2. The smallest absolute Gasteiger partial charge is 0.260 e. The number of ketones is 1. The molecular weight excluding hydrogens is 499 g/mol. The van der Waals surface area contributed by atoms with E-state index in [0.717, 1.165) is 5.56 Å². The average Bonchev–Trinajstić information content (AvgIpc) is 2.75. The molecule has 0 bridgehead atoms. The van der Waals surface area contributed by atoms with Gasteiger partial charge in [-0.1, -0.05) is 23.7 Å². The lowest BCUT2D eigenvalue weighted by Crippen LogP contribution is -2.58. The highest BCUT2D eigenvalue weighted by Crippen LogP contribution is 2.22. The molecule has 2 N–H and O–H groups in total. The van der Waals surface area contributed by atoms with Crippen molar-refractivity contribution in [3.63, 3.8) is 0 Å². The number of carbonyl (C=O) groups is 2. The third kappa shape index (κ3) is 7.96. The first-order valence-corrected chi connectivity index (χ1v) is 13.1. The number of amides is 1. The normalized spacial score (nSPS) is 18.9. The van der Waals surface area contributed by atoms with Crippen LogP contribution < -0.4 is 9.88 Å². The Balaban J connectivity index is 1.60. The highest BCUT2D eigenvalue weighted by molar-refractivity contribution is 7.89. The number of rotatable bonds is 9. The van der Waals surface area contributed by atoms with Gasteiger partial charge in [0.15, 0.2) is 12.4 Å². The van der Waals surface area contributed by atoms with Crippen LogP contribution in [0.1, 0.15) is 25.0 Å². The summed E-state index contributed by atoms with van der Waals surface area (Å²) in [7, 11) is -3.97. The summed E-state index contributed by atoms with van der Waals surface area (Å²) < 4.78 is 41.2. The number of Topliss-reactive ketones (excluding diaryl/α,β-unsaturated/α-hetero) is 1. The van der Waals surface area contributed by atoms with Gasteiger partial charge in [-0.3, -0.25) is 14.5 Å². The first-order chi connectivity index (χ1) is 16.4. The van der Waals surface area contributed by atoms with Crippen LogP contribution >= 0.6 is 11.6 Å². The average molecular weight is 527 g/mol. The van der Waals surface area contributed by atoms with Crippen molar-refractivity contribution in [1.29, 1.82) is 0 Å². The lowest BCUT2D eigenvalue weighted by atomic mass is 10.1. The molecule has 1 aliphatic rings. The molecule has 1 aromatic heterocycles. The van der Waals surface area contributed by atoms with E-state index < -0.39 is 21.6 Å². The van der Waals surface area contributed by atoms with Gasteiger partial charge in [0, 0.05) is 49.9 Å². The number of hydrogen-bond donors (Lipinski definition) is 1. The molecule has 3 rings (SSSR count). The van der Waals surface area contributed by atoms with Crippen molar-refractivity contribution in [2.45, 2.75) is 38.9 Å². The van der Waals surface area contributed by atoms with Crippen molar-refractivity contribution >= 4 is 33.3 Å². The number of ether oxygens (including phenoxy) is 1. The SMILES string of the molecule is C[C@@H]1CN(Cc2ccc(F)cc2)[C@@H](C)CN1C(=O)COc1ncc(Cl)cc1CC(=O)CS(N)(=O)=O. The lowest BCUT2D eigenvalue weighted by Gasteiger charge is -2.44. The van der Waals surface area contributed by atoms with Crippen molar-refractivity contribution in [2.24, 2.45) is 5.14 Å². The van der Waals surface area contributed by atoms with Gasteiger partial charge >= 0.3 is 0 Å². The predicted molar refractivity (Wildman–Crippen MR) is 129 cm³/mol. The zero-order valence-electron chi connectivity index (χ0n) is 19.5. The number of pyridine rings is 1. The van der Waals surface area contributed by atoms with Crippen LogP contribution in [0.3, 0.4) is 0 Å². The van der Waals surface area contributed by atoms with Gasteiger partial charge in [-0.15, -0.1) is 0 Å². The number of nitrogens with two attached hydrogens (primary N) is 1. The maximum Gasteiger partial charge on any atom is 0.260 e. The first-order valence-electron chi connectivity index (χ1n) is 11.0. The quantitative estimate of drug-likeness (QED) is 0.528. The lowest BCUT2D eigenvalue weighted by molar-refractivity contribution is -0.139. The number of aromatic nitrogens is 1. The highest BCUT2D eigenvalue weighted by atomic mass is 35.5. The van der Waals surface area contributed by atoms with Crippen LogP contribution in [-0.4, -0.2) is 72.4 Å². The molecule has 2 atom stereocenters. The Kier molecular flexibility index (Phi) is 8.81. The molecule has 0 unspecified atom stereocenters. The van der Waals surface area contributed by atoms with Crippen LogP contribution in [-0.2, 0) is 32.6 Å². The van der Waals surface area contributed by atoms with E-state index >= 15 is 0 Å². The van der Waals surface area contributed by atoms with Crippen molar-refractivity contribution in [2.75, 3.05) is 25.4 Å². The van der Waals surface area contributed by atoms with Crippen molar-refractivity contribution in [3.05, 3.63) is 58.5 Å². The molecule has 9 nitrogen and oxygen atoms in total. The standard InChI is InChI=1S/C23H28ClFN4O5S/c1-15-11-29(16(2)10-28(15)12-17-3-5-20(25)6-4-17)22(31)13-34-23-18(7-19(24)9-27-23)8-21(30)14-35(26,32)33/h3-7,9,15-16H,8,10-14H2,1-2H3,(H2,26,32,33)/t15-,16+/m0/s1. The van der Waals surface area contributed by atoms with Gasteiger partial charge in [0.25, 0.3) is 5.91 Å². The Labute approximate surface area is 209 Å². The number of halogens is 2. The monoisotopic (exact) mass is 526 g/mol. The number of piperazine rings is 1. The minimum absolute atomic E-state index is 0.0289. The van der Waals surface area contributed by atoms with Crippen LogP contribution in [0.2, 0.25) is 5.02 Å². The van der Waals surface area contributed by atoms with Gasteiger partial charge in [-0.05, 0) is 37.6 Å². The zero-order chi connectivity index (χ0) is 25.8. The Bertz CT molecular complexity index is 1180. The predicted octanol–water partition coefficient (Wildman–Crippen LogP) is 1.77. The van der Waals surface area contributed by atoms with Gasteiger partial charge in [-0.25, -0.2) is 22.9 Å². The fourth-order valence-corrected chi connectivity index (χ4v) is 4.75. The number of nitrogens with zero attached hydrogens (tertiary/aromatic N) is 3. The molecule has 0 aliphatic carbocycles. The molecule has 190 valence electrons. The molecule has 1 fully saturated rings. The van der Waals surface area contributed by atoms with E-state index in [1.807, 2.05) is 13.8 Å². The molecule has 0 radical (unpaired) electrons. The summed E-state index contributed by atoms with van der Waals surface area (Å²) in [5.74, 6) is -1.97. The fraction of sp³-hybridized carbons (Fsp3) is 0.435. The number of primary sulfonamides is 1. The molecule has 0 saturated carbocycles. The largest absolute Gasteiger partial charge is 0.467 e. The molecule has 1 saturated heterocycles. The third-order valence-electron chi connectivity index (χ3n) is 5.71. The second-order valence-electron chi connectivity index (χ2n) is 8.73. The van der Waals surface area contributed by atoms with E-state index in [4.69, 9.17) is 21.5 Å². The summed E-state index contributed by atoms with van der Waals surface area (Å²) in [6.07, 6.45) is 1.01. The summed E-state index contributed by atoms with van der Waals surface area (Å²) in [4.78, 5) is 33.0. The molecule has 1 amide bonds. The van der Waals surface area contributed by atoms with Crippen LogP contribution in [0, 0.1) is 5.82 Å². The minimum Gasteiger partial charge on any atom is -0.467 e. The van der Waals surface area contributed by atoms with Gasteiger partial charge < -0.3 is 9.64 Å². The first kappa shape index (κ1) is 27.0. The van der Waals surface area contributed by atoms with Crippen LogP contribution in [0.15, 0.2) is 36.5 Å². The second kappa shape index (κ2) is 11.4. The van der Waals surface area contributed by atoms with Crippen molar-refractivity contribution in [3.8, 4) is 5.88 Å². The number of carbonyl (C=O) groups excluding carboxylic acids is 2. The maximum atomic E-state index is 13.2. The molecule has 1 aliphatic heterocycles. The van der Waals surface area contributed by atoms with E-state index in [1.54, 1.807) is 17.0 Å². The van der Waals surface area contributed by atoms with Gasteiger partial charge in [0.2, 0.25) is 15.9 Å². The summed E-state index contributed by atoms with van der Waals surface area (Å²) in [5.41, 5.74) is 1.26. The van der Waals surface area contributed by atoms with E-state index in [9.17, 15) is 22.4 Å². The Morgan fingerprint density at radius 2 is 1.89 bits per heavy atom. The van der Waals surface area contributed by atoms with Gasteiger partial charge in [0.1, 0.15) is 11.6 Å². The third-order valence-corrected chi connectivity index (χ3v) is 6.64. The van der Waals surface area contributed by atoms with Crippen molar-refractivity contribution in [1.82, 2.24) is 14.8 Å². The second-order valence-corrected chi connectivity index (χ2v) is 10.8. The van der Waals surface area contributed by atoms with Gasteiger partial charge in [-0.2, -0.15) is 0 Å². The number of benzene rings is 1.